The Morgan fingerprint density at radius 2 is 1.46 bits per heavy atom. The number of ether oxygens (including phenoxy) is 2. The number of carbonyl (C=O) groups excluding carboxylic acids is 2. The lowest BCUT2D eigenvalue weighted by Gasteiger charge is -2.39. The second-order valence-electron chi connectivity index (χ2n) is 17.2. The number of hydrogen-bond donors (Lipinski definition) is 2. The summed E-state index contributed by atoms with van der Waals surface area (Å²) < 4.78 is 19.0. The molecule has 0 aromatic heterocycles. The average molecular weight is 821 g/mol. The number of nitrogens with one attached hydrogen (secondary N) is 2. The van der Waals surface area contributed by atoms with Crippen molar-refractivity contribution >= 4 is 32.2 Å². The standard InChI is InChI=1S/C49H68N4O5Si/c1-49(2,3)59(4,5)58-47(42-30-31-46(44(36-42)51-39-54)57-38-40-24-14-11-15-25-40)37-50-32-20-9-7-6-8-10-23-35-56-48(55)53(52-33-21-13-22-34-52)45-29-19-18-28-43(45)41-26-16-12-17-27-41/h11-12,14-19,24-31,36,39,47,50H,6-10,13,20-23,32-35,37-38H2,1-5H3,(H,51,54)/t47-/m1/s1. The van der Waals surface area contributed by atoms with E-state index in [2.05, 4.69) is 73.8 Å². The Morgan fingerprint density at radius 1 is 0.814 bits per heavy atom. The normalized spacial score (nSPS) is 14.1. The quantitative estimate of drug-likeness (QED) is 0.0437. The van der Waals surface area contributed by atoms with Crippen LogP contribution in [0.5, 0.6) is 5.75 Å². The van der Waals surface area contributed by atoms with Crippen molar-refractivity contribution in [2.75, 3.05) is 43.1 Å². The average Bonchev–Trinajstić information content (AvgIpc) is 3.24. The van der Waals surface area contributed by atoms with Crippen LogP contribution in [-0.2, 0) is 20.6 Å². The van der Waals surface area contributed by atoms with E-state index in [0.29, 0.717) is 37.6 Å². The Morgan fingerprint density at radius 3 is 2.15 bits per heavy atom. The number of piperidine rings is 1. The molecule has 10 heteroatoms. The number of hydrogen-bond acceptors (Lipinski definition) is 7. The van der Waals surface area contributed by atoms with E-state index in [1.165, 1.54) is 19.3 Å². The first kappa shape index (κ1) is 45.6. The van der Waals surface area contributed by atoms with E-state index in [9.17, 15) is 9.59 Å². The van der Waals surface area contributed by atoms with E-state index in [1.807, 2.05) is 78.9 Å². The molecule has 4 aromatic rings. The molecule has 0 spiro atoms. The summed E-state index contributed by atoms with van der Waals surface area (Å²) in [5.41, 5.74) is 5.71. The van der Waals surface area contributed by atoms with Crippen molar-refractivity contribution in [1.82, 2.24) is 10.3 Å². The van der Waals surface area contributed by atoms with Crippen molar-refractivity contribution in [2.45, 2.75) is 116 Å². The van der Waals surface area contributed by atoms with Gasteiger partial charge in [-0.2, -0.15) is 0 Å². The van der Waals surface area contributed by atoms with Crippen LogP contribution in [0.15, 0.2) is 103 Å². The molecule has 0 aliphatic carbocycles. The van der Waals surface area contributed by atoms with Gasteiger partial charge in [0.15, 0.2) is 8.32 Å². The minimum atomic E-state index is -2.10. The number of rotatable bonds is 23. The molecule has 2 amide bonds. The Bertz CT molecular complexity index is 1850. The number of para-hydroxylation sites is 1. The van der Waals surface area contributed by atoms with E-state index in [1.54, 1.807) is 5.01 Å². The summed E-state index contributed by atoms with van der Waals surface area (Å²) in [6.45, 7) is 15.5. The van der Waals surface area contributed by atoms with E-state index in [4.69, 9.17) is 13.9 Å². The van der Waals surface area contributed by atoms with Gasteiger partial charge in [0.1, 0.15) is 12.4 Å². The molecule has 0 bridgehead atoms. The number of amides is 2. The van der Waals surface area contributed by atoms with Crippen LogP contribution in [-0.4, -0.2) is 58.6 Å². The van der Waals surface area contributed by atoms with E-state index in [0.717, 1.165) is 92.5 Å². The molecule has 5 rings (SSSR count). The highest BCUT2D eigenvalue weighted by atomic mass is 28.4. The number of hydrazine groups is 1. The fourth-order valence-electron chi connectivity index (χ4n) is 7.20. The number of anilines is 2. The molecular formula is C49H68N4O5Si. The molecule has 1 atom stereocenters. The van der Waals surface area contributed by atoms with Gasteiger partial charge in [-0.3, -0.25) is 4.79 Å². The van der Waals surface area contributed by atoms with Crippen molar-refractivity contribution in [3.63, 3.8) is 0 Å². The first-order valence-corrected chi connectivity index (χ1v) is 24.7. The zero-order chi connectivity index (χ0) is 41.9. The van der Waals surface area contributed by atoms with Crippen LogP contribution in [0.25, 0.3) is 11.1 Å². The topological polar surface area (TPSA) is 92.4 Å². The van der Waals surface area contributed by atoms with E-state index >= 15 is 0 Å². The van der Waals surface area contributed by atoms with Gasteiger partial charge in [-0.1, -0.05) is 144 Å². The van der Waals surface area contributed by atoms with Gasteiger partial charge >= 0.3 is 6.09 Å². The number of nitrogens with zero attached hydrogens (tertiary/aromatic N) is 2. The molecule has 318 valence electrons. The summed E-state index contributed by atoms with van der Waals surface area (Å²) in [5, 5.41) is 10.5. The van der Waals surface area contributed by atoms with Crippen LogP contribution < -0.4 is 20.4 Å². The highest BCUT2D eigenvalue weighted by Gasteiger charge is 2.39. The van der Waals surface area contributed by atoms with Crippen LogP contribution in [0.2, 0.25) is 18.1 Å². The second-order valence-corrected chi connectivity index (χ2v) is 21.9. The Hall–Kier alpha value is -4.48. The smallest absolute Gasteiger partial charge is 0.429 e. The van der Waals surface area contributed by atoms with Crippen molar-refractivity contribution in [3.8, 4) is 16.9 Å². The van der Waals surface area contributed by atoms with Crippen molar-refractivity contribution < 1.29 is 23.5 Å². The van der Waals surface area contributed by atoms with Crippen LogP contribution >= 0.6 is 0 Å². The molecule has 9 nitrogen and oxygen atoms in total. The summed E-state index contributed by atoms with van der Waals surface area (Å²) in [6.07, 6.45) is 11.2. The van der Waals surface area contributed by atoms with Crippen molar-refractivity contribution in [2.24, 2.45) is 0 Å². The van der Waals surface area contributed by atoms with Crippen LogP contribution in [0.4, 0.5) is 16.2 Å². The van der Waals surface area contributed by atoms with Crippen molar-refractivity contribution in [3.05, 3.63) is 114 Å². The van der Waals surface area contributed by atoms with Gasteiger partial charge < -0.3 is 24.5 Å². The maximum absolute atomic E-state index is 13.7. The molecule has 1 aliphatic rings. The number of benzene rings is 4. The molecule has 1 saturated heterocycles. The Balaban J connectivity index is 1.04. The summed E-state index contributed by atoms with van der Waals surface area (Å²) >= 11 is 0. The molecule has 4 aromatic carbocycles. The van der Waals surface area contributed by atoms with Crippen LogP contribution in [0.1, 0.15) is 102 Å². The fourth-order valence-corrected chi connectivity index (χ4v) is 8.48. The molecule has 1 fully saturated rings. The number of carbonyl (C=O) groups is 2. The molecule has 1 aliphatic heterocycles. The first-order chi connectivity index (χ1) is 28.6. The lowest BCUT2D eigenvalue weighted by Crippen LogP contribution is -2.49. The maximum atomic E-state index is 13.7. The van der Waals surface area contributed by atoms with E-state index < -0.39 is 8.32 Å². The summed E-state index contributed by atoms with van der Waals surface area (Å²) in [4.78, 5) is 25.3. The minimum Gasteiger partial charge on any atom is -0.487 e. The third-order valence-electron chi connectivity index (χ3n) is 11.6. The molecule has 0 unspecified atom stereocenters. The highest BCUT2D eigenvalue weighted by Crippen LogP contribution is 2.41. The zero-order valence-corrected chi connectivity index (χ0v) is 37.2. The summed E-state index contributed by atoms with van der Waals surface area (Å²) in [7, 11) is -2.10. The largest absolute Gasteiger partial charge is 0.487 e. The van der Waals surface area contributed by atoms with Gasteiger partial charge in [-0.25, -0.2) is 14.8 Å². The van der Waals surface area contributed by atoms with Gasteiger partial charge in [-0.15, -0.1) is 0 Å². The lowest BCUT2D eigenvalue weighted by molar-refractivity contribution is -0.105. The number of unbranched alkanes of at least 4 members (excludes halogenated alkanes) is 6. The molecule has 2 N–H and O–H groups in total. The fraction of sp³-hybridized carbons (Fsp3) is 0.469. The zero-order valence-electron chi connectivity index (χ0n) is 36.2. The third kappa shape index (κ3) is 14.1. The molecule has 59 heavy (non-hydrogen) atoms. The lowest BCUT2D eigenvalue weighted by atomic mass is 10.0. The first-order valence-electron chi connectivity index (χ1n) is 21.8. The van der Waals surface area contributed by atoms with Crippen molar-refractivity contribution in [1.29, 1.82) is 0 Å². The Labute approximate surface area is 354 Å². The molecule has 0 radical (unpaired) electrons. The maximum Gasteiger partial charge on any atom is 0.429 e. The van der Waals surface area contributed by atoms with Gasteiger partial charge in [-0.05, 0) is 85.2 Å². The Kier molecular flexibility index (Phi) is 18.0. The predicted octanol–water partition coefficient (Wildman–Crippen LogP) is 11.9. The monoisotopic (exact) mass is 820 g/mol. The van der Waals surface area contributed by atoms with E-state index in [-0.39, 0.29) is 17.2 Å². The molecule has 0 saturated carbocycles. The van der Waals surface area contributed by atoms with Gasteiger partial charge in [0, 0.05) is 25.2 Å². The summed E-state index contributed by atoms with van der Waals surface area (Å²) in [5.74, 6) is 0.630. The highest BCUT2D eigenvalue weighted by molar-refractivity contribution is 6.74. The second kappa shape index (κ2) is 23.3. The predicted molar refractivity (Wildman–Crippen MR) is 244 cm³/mol. The third-order valence-corrected chi connectivity index (χ3v) is 16.1. The molecule has 1 heterocycles. The SMILES string of the molecule is CC(C)(C)[Si](C)(C)O[C@H](CNCCCCCCCCCOC(=O)N(c1ccccc1-c1ccccc1)N1CCCCC1)c1ccc(OCc2ccccc2)c(NC=O)c1. The van der Waals surface area contributed by atoms with Gasteiger partial charge in [0.25, 0.3) is 0 Å². The van der Waals surface area contributed by atoms with Crippen LogP contribution in [0.3, 0.4) is 0 Å². The van der Waals surface area contributed by atoms with Crippen LogP contribution in [0, 0.1) is 0 Å². The van der Waals surface area contributed by atoms with Gasteiger partial charge in [0.05, 0.1) is 24.1 Å². The summed E-state index contributed by atoms with van der Waals surface area (Å²) in [6, 6.07) is 34.4. The van der Waals surface area contributed by atoms with Gasteiger partial charge in [0.2, 0.25) is 6.41 Å². The molecular weight excluding hydrogens is 753 g/mol. The minimum absolute atomic E-state index is 0.0533.